The van der Waals surface area contributed by atoms with E-state index in [9.17, 15) is 14.4 Å². The summed E-state index contributed by atoms with van der Waals surface area (Å²) in [6.07, 6.45) is 0. The van der Waals surface area contributed by atoms with Crippen LogP contribution in [0.4, 0.5) is 21.9 Å². The first-order chi connectivity index (χ1) is 19.9. The molecule has 0 aliphatic carbocycles. The third kappa shape index (κ3) is 6.12. The summed E-state index contributed by atoms with van der Waals surface area (Å²) in [5.74, 6) is -0.538. The fourth-order valence-corrected chi connectivity index (χ4v) is 4.71. The Labute approximate surface area is 238 Å². The van der Waals surface area contributed by atoms with Crippen molar-refractivity contribution < 1.29 is 14.4 Å². The molecule has 0 saturated heterocycles. The van der Waals surface area contributed by atoms with Gasteiger partial charge in [-0.2, -0.15) is 0 Å². The quantitative estimate of drug-likeness (QED) is 0.169. The fourth-order valence-electron chi connectivity index (χ4n) is 4.71. The number of amides is 4. The summed E-state index contributed by atoms with van der Waals surface area (Å²) >= 11 is 0. The van der Waals surface area contributed by atoms with Gasteiger partial charge < -0.3 is 26.6 Å². The molecule has 206 valence electrons. The van der Waals surface area contributed by atoms with E-state index in [0.717, 1.165) is 11.1 Å². The van der Waals surface area contributed by atoms with E-state index in [1.165, 1.54) is 0 Å². The van der Waals surface area contributed by atoms with E-state index in [1.807, 2.05) is 92.7 Å². The maximum atomic E-state index is 13.4. The normalized spacial score (nSPS) is 13.9. The highest BCUT2D eigenvalue weighted by Crippen LogP contribution is 2.39. The number of carbonyl (C=O) groups excluding carboxylic acids is 3. The minimum absolute atomic E-state index is 0.192. The first kappa shape index (κ1) is 27.2. The zero-order chi connectivity index (χ0) is 28.8. The second-order valence-corrected chi connectivity index (χ2v) is 9.59. The number of carbonyl (C=O) groups is 3. The molecule has 0 fully saturated rings. The number of hydrogen-bond acceptors (Lipinski definition) is 4. The lowest BCUT2D eigenvalue weighted by molar-refractivity contribution is -0.110. The predicted molar refractivity (Wildman–Crippen MR) is 163 cm³/mol. The molecule has 5 rings (SSSR count). The summed E-state index contributed by atoms with van der Waals surface area (Å²) in [5.41, 5.74) is 5.52. The highest BCUT2D eigenvalue weighted by molar-refractivity contribution is 6.37. The van der Waals surface area contributed by atoms with Crippen LogP contribution in [-0.2, 0) is 4.79 Å². The molecule has 4 aromatic rings. The second kappa shape index (κ2) is 12.2. The van der Waals surface area contributed by atoms with Crippen molar-refractivity contribution in [1.82, 2.24) is 10.6 Å². The van der Waals surface area contributed by atoms with Gasteiger partial charge in [0, 0.05) is 23.4 Å². The molecule has 0 radical (unpaired) electrons. The van der Waals surface area contributed by atoms with Gasteiger partial charge in [0.15, 0.2) is 0 Å². The summed E-state index contributed by atoms with van der Waals surface area (Å²) in [6.45, 7) is 4.26. The van der Waals surface area contributed by atoms with Crippen molar-refractivity contribution in [2.45, 2.75) is 19.9 Å². The van der Waals surface area contributed by atoms with Gasteiger partial charge in [-0.15, -0.1) is 0 Å². The molecule has 1 heterocycles. The molecule has 41 heavy (non-hydrogen) atoms. The number of benzene rings is 4. The van der Waals surface area contributed by atoms with Gasteiger partial charge in [0.2, 0.25) is 0 Å². The van der Waals surface area contributed by atoms with E-state index in [0.29, 0.717) is 46.0 Å². The van der Waals surface area contributed by atoms with Gasteiger partial charge in [-0.05, 0) is 55.3 Å². The first-order valence-corrected chi connectivity index (χ1v) is 13.5. The summed E-state index contributed by atoms with van der Waals surface area (Å²) in [5, 5.41) is 15.0. The van der Waals surface area contributed by atoms with Crippen LogP contribution >= 0.6 is 0 Å². The smallest absolute Gasteiger partial charge is 0.319 e. The van der Waals surface area contributed by atoms with Gasteiger partial charge in [-0.25, -0.2) is 4.79 Å². The molecule has 1 aliphatic rings. The number of fused-ring (bicyclic) bond motifs is 1. The maximum Gasteiger partial charge on any atom is 0.319 e. The van der Waals surface area contributed by atoms with Crippen LogP contribution in [-0.4, -0.2) is 24.4 Å². The molecule has 0 aromatic heterocycles. The van der Waals surface area contributed by atoms with E-state index in [-0.39, 0.29) is 23.9 Å². The first-order valence-electron chi connectivity index (χ1n) is 13.5. The lowest BCUT2D eigenvalue weighted by Gasteiger charge is -2.18. The minimum Gasteiger partial charge on any atom is -0.353 e. The van der Waals surface area contributed by atoms with Crippen LogP contribution in [0.5, 0.6) is 0 Å². The Morgan fingerprint density at radius 2 is 1.41 bits per heavy atom. The van der Waals surface area contributed by atoms with E-state index >= 15 is 0 Å². The molecule has 1 atom stereocenters. The number of anilines is 3. The standard InChI is InChI=1S/C33H31N5O3/c1-3-34-33(41)38-28-17-11-10-16-27(28)36-30(23-14-8-5-9-15-23)29-25-20-24(18-19-26(25)37-32(29)40)31(39)35-21(2)22-12-6-4-7-13-22/h4-21,36H,3H2,1-2H3,(H,35,39)(H,37,40)(H2,34,38,41)/b30-29-/t21-/m1/s1. The molecule has 0 spiro atoms. The summed E-state index contributed by atoms with van der Waals surface area (Å²) in [4.78, 5) is 39.0. The highest BCUT2D eigenvalue weighted by Gasteiger charge is 2.30. The Bertz CT molecular complexity index is 1620. The van der Waals surface area contributed by atoms with E-state index in [1.54, 1.807) is 24.3 Å². The zero-order valence-electron chi connectivity index (χ0n) is 22.8. The molecule has 1 aliphatic heterocycles. The van der Waals surface area contributed by atoms with Crippen molar-refractivity contribution in [1.29, 1.82) is 0 Å². The number of urea groups is 1. The Hall–Kier alpha value is -5.37. The minimum atomic E-state index is -0.333. The largest absolute Gasteiger partial charge is 0.353 e. The molecule has 8 heteroatoms. The average Bonchev–Trinajstić information content (AvgIpc) is 3.32. The molecule has 5 N–H and O–H groups in total. The lowest BCUT2D eigenvalue weighted by atomic mass is 9.98. The van der Waals surface area contributed by atoms with Crippen molar-refractivity contribution in [2.24, 2.45) is 0 Å². The fraction of sp³-hybridized carbons (Fsp3) is 0.121. The third-order valence-electron chi connectivity index (χ3n) is 6.76. The molecule has 0 bridgehead atoms. The van der Waals surface area contributed by atoms with Crippen LogP contribution in [0.3, 0.4) is 0 Å². The molecule has 0 saturated carbocycles. The van der Waals surface area contributed by atoms with Gasteiger partial charge >= 0.3 is 6.03 Å². The van der Waals surface area contributed by atoms with Gasteiger partial charge in [0.25, 0.3) is 11.8 Å². The lowest BCUT2D eigenvalue weighted by Crippen LogP contribution is -2.28. The van der Waals surface area contributed by atoms with Crippen LogP contribution in [0, 0.1) is 0 Å². The van der Waals surface area contributed by atoms with Gasteiger partial charge in [0.1, 0.15) is 0 Å². The van der Waals surface area contributed by atoms with Crippen molar-refractivity contribution >= 4 is 46.2 Å². The van der Waals surface area contributed by atoms with Crippen LogP contribution in [0.2, 0.25) is 0 Å². The van der Waals surface area contributed by atoms with Crippen molar-refractivity contribution in [3.63, 3.8) is 0 Å². The number of rotatable bonds is 8. The molecule has 4 amide bonds. The van der Waals surface area contributed by atoms with Crippen molar-refractivity contribution in [3.05, 3.63) is 125 Å². The maximum absolute atomic E-state index is 13.4. The zero-order valence-corrected chi connectivity index (χ0v) is 22.8. The SMILES string of the molecule is CCNC(=O)Nc1ccccc1N/C(=C1\C(=O)Nc2ccc(C(=O)N[C@H](C)c3ccccc3)cc21)c1ccccc1. The summed E-state index contributed by atoms with van der Waals surface area (Å²) in [7, 11) is 0. The summed E-state index contributed by atoms with van der Waals surface area (Å²) in [6, 6.07) is 31.1. The van der Waals surface area contributed by atoms with Crippen LogP contribution in [0.15, 0.2) is 103 Å². The second-order valence-electron chi connectivity index (χ2n) is 9.59. The third-order valence-corrected chi connectivity index (χ3v) is 6.76. The van der Waals surface area contributed by atoms with E-state index in [2.05, 4.69) is 26.6 Å². The van der Waals surface area contributed by atoms with Crippen molar-refractivity contribution in [3.8, 4) is 0 Å². The number of hydrogen-bond donors (Lipinski definition) is 5. The van der Waals surface area contributed by atoms with E-state index in [4.69, 9.17) is 0 Å². The van der Waals surface area contributed by atoms with Crippen LogP contribution < -0.4 is 26.6 Å². The number of nitrogens with one attached hydrogen (secondary N) is 5. The van der Waals surface area contributed by atoms with Gasteiger partial charge in [-0.3, -0.25) is 9.59 Å². The number of para-hydroxylation sites is 2. The molecule has 8 nitrogen and oxygen atoms in total. The Balaban J connectivity index is 1.54. The summed E-state index contributed by atoms with van der Waals surface area (Å²) < 4.78 is 0. The average molecular weight is 546 g/mol. The van der Waals surface area contributed by atoms with Crippen molar-refractivity contribution in [2.75, 3.05) is 22.5 Å². The van der Waals surface area contributed by atoms with Crippen LogP contribution in [0.25, 0.3) is 11.3 Å². The Morgan fingerprint density at radius 1 is 0.780 bits per heavy atom. The Morgan fingerprint density at radius 3 is 2.10 bits per heavy atom. The molecule has 4 aromatic carbocycles. The Kier molecular flexibility index (Phi) is 8.10. The topological polar surface area (TPSA) is 111 Å². The molecule has 0 unspecified atom stereocenters. The predicted octanol–water partition coefficient (Wildman–Crippen LogP) is 6.25. The molecular weight excluding hydrogens is 514 g/mol. The van der Waals surface area contributed by atoms with Gasteiger partial charge in [-0.1, -0.05) is 72.8 Å². The molecular formula is C33H31N5O3. The van der Waals surface area contributed by atoms with Gasteiger partial charge in [0.05, 0.1) is 28.7 Å². The highest BCUT2D eigenvalue weighted by atomic mass is 16.2. The van der Waals surface area contributed by atoms with E-state index < -0.39 is 0 Å². The van der Waals surface area contributed by atoms with Crippen LogP contribution in [0.1, 0.15) is 46.9 Å². The monoisotopic (exact) mass is 545 g/mol.